The first-order valence-electron chi connectivity index (χ1n) is 5.34. The van der Waals surface area contributed by atoms with Crippen molar-refractivity contribution in [2.24, 2.45) is 0 Å². The zero-order valence-electron chi connectivity index (χ0n) is 9.26. The van der Waals surface area contributed by atoms with Gasteiger partial charge in [-0.1, -0.05) is 5.21 Å². The SMILES string of the molecule is CS(=O)(=O)CCCn1nnc(N)c1C1CC1. The second-order valence-electron chi connectivity index (χ2n) is 4.34. The average molecular weight is 244 g/mol. The van der Waals surface area contributed by atoms with E-state index < -0.39 is 9.84 Å². The largest absolute Gasteiger partial charge is 0.381 e. The van der Waals surface area contributed by atoms with Crippen LogP contribution < -0.4 is 5.73 Å². The maximum absolute atomic E-state index is 11.0. The number of hydrogen-bond acceptors (Lipinski definition) is 5. The predicted octanol–water partition coefficient (Wildman–Crippen LogP) is 0.172. The van der Waals surface area contributed by atoms with Gasteiger partial charge in [0.2, 0.25) is 0 Å². The van der Waals surface area contributed by atoms with Crippen LogP contribution in [0.15, 0.2) is 0 Å². The summed E-state index contributed by atoms with van der Waals surface area (Å²) in [6, 6.07) is 0. The monoisotopic (exact) mass is 244 g/mol. The molecule has 7 heteroatoms. The molecule has 1 aromatic rings. The zero-order chi connectivity index (χ0) is 11.8. The number of anilines is 1. The number of nitrogen functional groups attached to an aromatic ring is 1. The van der Waals surface area contributed by atoms with Gasteiger partial charge in [0.25, 0.3) is 0 Å². The first kappa shape index (κ1) is 11.4. The minimum atomic E-state index is -2.90. The number of aryl methyl sites for hydroxylation is 1. The molecule has 1 saturated carbocycles. The molecule has 0 radical (unpaired) electrons. The lowest BCUT2D eigenvalue weighted by atomic mass is 10.3. The third kappa shape index (κ3) is 2.72. The van der Waals surface area contributed by atoms with E-state index in [4.69, 9.17) is 5.73 Å². The molecular weight excluding hydrogens is 228 g/mol. The Balaban J connectivity index is 1.99. The molecule has 0 atom stereocenters. The lowest BCUT2D eigenvalue weighted by Gasteiger charge is -2.04. The van der Waals surface area contributed by atoms with Crippen molar-refractivity contribution >= 4 is 15.7 Å². The van der Waals surface area contributed by atoms with Crippen LogP contribution >= 0.6 is 0 Å². The molecule has 2 rings (SSSR count). The quantitative estimate of drug-likeness (QED) is 0.797. The summed E-state index contributed by atoms with van der Waals surface area (Å²) < 4.78 is 23.7. The number of rotatable bonds is 5. The van der Waals surface area contributed by atoms with Crippen LogP contribution in [0.2, 0.25) is 0 Å². The molecule has 0 aliphatic heterocycles. The highest BCUT2D eigenvalue weighted by Crippen LogP contribution is 2.41. The van der Waals surface area contributed by atoms with Crippen molar-refractivity contribution in [1.82, 2.24) is 15.0 Å². The van der Waals surface area contributed by atoms with Crippen LogP contribution in [0.1, 0.15) is 30.9 Å². The summed E-state index contributed by atoms with van der Waals surface area (Å²) in [6.07, 6.45) is 4.05. The molecule has 6 nitrogen and oxygen atoms in total. The third-order valence-corrected chi connectivity index (χ3v) is 3.68. The Bertz CT molecular complexity index is 476. The normalized spacial score (nSPS) is 16.6. The van der Waals surface area contributed by atoms with Gasteiger partial charge in [0.05, 0.1) is 11.4 Å². The highest BCUT2D eigenvalue weighted by molar-refractivity contribution is 7.90. The highest BCUT2D eigenvalue weighted by atomic mass is 32.2. The van der Waals surface area contributed by atoms with E-state index in [-0.39, 0.29) is 5.75 Å². The summed E-state index contributed by atoms with van der Waals surface area (Å²) in [4.78, 5) is 0. The Kier molecular flexibility index (Phi) is 2.88. The summed E-state index contributed by atoms with van der Waals surface area (Å²) in [5.41, 5.74) is 6.71. The fourth-order valence-electron chi connectivity index (χ4n) is 1.75. The Labute approximate surface area is 94.7 Å². The molecule has 1 aliphatic rings. The molecule has 1 aliphatic carbocycles. The Morgan fingerprint density at radius 2 is 2.19 bits per heavy atom. The van der Waals surface area contributed by atoms with Crippen LogP contribution in [-0.4, -0.2) is 35.4 Å². The van der Waals surface area contributed by atoms with Crippen LogP contribution in [0.5, 0.6) is 0 Å². The van der Waals surface area contributed by atoms with Gasteiger partial charge in [0.15, 0.2) is 5.82 Å². The van der Waals surface area contributed by atoms with Gasteiger partial charge in [-0.05, 0) is 19.3 Å². The first-order valence-corrected chi connectivity index (χ1v) is 7.40. The fourth-order valence-corrected chi connectivity index (χ4v) is 2.41. The maximum atomic E-state index is 11.0. The number of nitrogens with two attached hydrogens (primary N) is 1. The highest BCUT2D eigenvalue weighted by Gasteiger charge is 2.30. The van der Waals surface area contributed by atoms with Crippen LogP contribution in [0, 0.1) is 0 Å². The Morgan fingerprint density at radius 3 is 2.75 bits per heavy atom. The third-order valence-electron chi connectivity index (χ3n) is 2.65. The number of sulfone groups is 1. The molecule has 0 saturated heterocycles. The van der Waals surface area contributed by atoms with E-state index in [0.717, 1.165) is 18.5 Å². The van der Waals surface area contributed by atoms with Gasteiger partial charge in [0, 0.05) is 18.7 Å². The molecule has 1 fully saturated rings. The summed E-state index contributed by atoms with van der Waals surface area (Å²) in [6.45, 7) is 0.573. The summed E-state index contributed by atoms with van der Waals surface area (Å²) in [5, 5.41) is 7.78. The number of aromatic nitrogens is 3. The molecule has 1 aromatic heterocycles. The van der Waals surface area contributed by atoms with Crippen LogP contribution in [-0.2, 0) is 16.4 Å². The molecule has 1 heterocycles. The van der Waals surface area contributed by atoms with E-state index in [0.29, 0.717) is 24.7 Å². The maximum Gasteiger partial charge on any atom is 0.169 e. The predicted molar refractivity (Wildman–Crippen MR) is 60.7 cm³/mol. The summed E-state index contributed by atoms with van der Waals surface area (Å²) in [5.74, 6) is 1.15. The topological polar surface area (TPSA) is 90.9 Å². The van der Waals surface area contributed by atoms with Gasteiger partial charge in [0.1, 0.15) is 9.84 Å². The Morgan fingerprint density at radius 1 is 1.50 bits per heavy atom. The number of hydrogen-bond donors (Lipinski definition) is 1. The van der Waals surface area contributed by atoms with Crippen LogP contribution in [0.4, 0.5) is 5.82 Å². The van der Waals surface area contributed by atoms with Gasteiger partial charge >= 0.3 is 0 Å². The van der Waals surface area contributed by atoms with E-state index in [1.165, 1.54) is 6.26 Å². The van der Waals surface area contributed by atoms with Crippen molar-refractivity contribution < 1.29 is 8.42 Å². The van der Waals surface area contributed by atoms with Crippen molar-refractivity contribution in [2.75, 3.05) is 17.7 Å². The van der Waals surface area contributed by atoms with E-state index in [1.807, 2.05) is 0 Å². The van der Waals surface area contributed by atoms with Crippen LogP contribution in [0.25, 0.3) is 0 Å². The molecule has 0 amide bonds. The average Bonchev–Trinajstić information content (AvgIpc) is 2.91. The van der Waals surface area contributed by atoms with Gasteiger partial charge < -0.3 is 5.73 Å². The molecule has 90 valence electrons. The van der Waals surface area contributed by atoms with Gasteiger partial charge in [-0.3, -0.25) is 0 Å². The molecule has 0 unspecified atom stereocenters. The second kappa shape index (κ2) is 4.04. The minimum Gasteiger partial charge on any atom is -0.381 e. The van der Waals surface area contributed by atoms with Crippen molar-refractivity contribution in [1.29, 1.82) is 0 Å². The molecular formula is C9H16N4O2S. The fraction of sp³-hybridized carbons (Fsp3) is 0.778. The van der Waals surface area contributed by atoms with Gasteiger partial charge in [-0.25, -0.2) is 13.1 Å². The van der Waals surface area contributed by atoms with Gasteiger partial charge in [-0.2, -0.15) is 0 Å². The van der Waals surface area contributed by atoms with Crippen molar-refractivity contribution in [3.05, 3.63) is 5.69 Å². The Hall–Kier alpha value is -1.11. The second-order valence-corrected chi connectivity index (χ2v) is 6.60. The van der Waals surface area contributed by atoms with E-state index in [2.05, 4.69) is 10.3 Å². The minimum absolute atomic E-state index is 0.177. The molecule has 0 bridgehead atoms. The molecule has 2 N–H and O–H groups in total. The summed E-state index contributed by atoms with van der Waals surface area (Å²) in [7, 11) is -2.90. The zero-order valence-corrected chi connectivity index (χ0v) is 10.1. The van der Waals surface area contributed by atoms with Crippen LogP contribution in [0.3, 0.4) is 0 Å². The van der Waals surface area contributed by atoms with Crippen molar-refractivity contribution in [3.8, 4) is 0 Å². The van der Waals surface area contributed by atoms with E-state index >= 15 is 0 Å². The lowest BCUT2D eigenvalue weighted by Crippen LogP contribution is -2.10. The van der Waals surface area contributed by atoms with Gasteiger partial charge in [-0.15, -0.1) is 5.10 Å². The van der Waals surface area contributed by atoms with E-state index in [1.54, 1.807) is 4.68 Å². The molecule has 16 heavy (non-hydrogen) atoms. The smallest absolute Gasteiger partial charge is 0.169 e. The van der Waals surface area contributed by atoms with Crippen molar-refractivity contribution in [3.63, 3.8) is 0 Å². The standard InChI is InChI=1S/C9H16N4O2S/c1-16(14,15)6-2-5-13-8(7-3-4-7)9(10)11-12-13/h7H,2-6,10H2,1H3. The molecule has 0 spiro atoms. The first-order chi connectivity index (χ1) is 7.47. The van der Waals surface area contributed by atoms with Crippen molar-refractivity contribution in [2.45, 2.75) is 31.7 Å². The number of nitrogens with zero attached hydrogens (tertiary/aromatic N) is 3. The summed E-state index contributed by atoms with van der Waals surface area (Å²) >= 11 is 0. The lowest BCUT2D eigenvalue weighted by molar-refractivity contribution is 0.547. The van der Waals surface area contributed by atoms with E-state index in [9.17, 15) is 8.42 Å². The molecule has 0 aromatic carbocycles.